The highest BCUT2D eigenvalue weighted by atomic mass is 19.1. The Balaban J connectivity index is 2.03. The number of aromatic nitrogens is 4. The van der Waals surface area contributed by atoms with E-state index in [2.05, 4.69) is 19.9 Å². The van der Waals surface area contributed by atoms with Crippen LogP contribution < -0.4 is 5.73 Å². The number of hydrogen-bond acceptors (Lipinski definition) is 4. The SMILES string of the molecule is Nc1ncnc2[nH]cc(-c3cc4cc(F)cc(O)c4[nH]3)c12. The van der Waals surface area contributed by atoms with Crippen molar-refractivity contribution < 1.29 is 9.50 Å². The van der Waals surface area contributed by atoms with Crippen molar-refractivity contribution in [1.82, 2.24) is 19.9 Å². The number of hydrogen-bond donors (Lipinski definition) is 4. The summed E-state index contributed by atoms with van der Waals surface area (Å²) in [5, 5.41) is 11.1. The Morgan fingerprint density at radius 2 is 2.05 bits per heavy atom. The fourth-order valence-corrected chi connectivity index (χ4v) is 2.53. The number of nitrogens with one attached hydrogen (secondary N) is 2. The van der Waals surface area contributed by atoms with Gasteiger partial charge in [0.25, 0.3) is 0 Å². The number of H-pyrrole nitrogens is 2. The zero-order valence-corrected chi connectivity index (χ0v) is 10.7. The van der Waals surface area contributed by atoms with Crippen LogP contribution in [0.4, 0.5) is 10.2 Å². The second kappa shape index (κ2) is 3.95. The Morgan fingerprint density at radius 3 is 2.90 bits per heavy atom. The maximum absolute atomic E-state index is 13.3. The molecule has 7 heteroatoms. The Kier molecular flexibility index (Phi) is 2.20. The van der Waals surface area contributed by atoms with Gasteiger partial charge in [0.2, 0.25) is 0 Å². The van der Waals surface area contributed by atoms with Gasteiger partial charge in [-0.25, -0.2) is 14.4 Å². The molecule has 5 N–H and O–H groups in total. The molecule has 3 heterocycles. The molecule has 0 atom stereocenters. The van der Waals surface area contributed by atoms with Gasteiger partial charge in [-0.15, -0.1) is 0 Å². The summed E-state index contributed by atoms with van der Waals surface area (Å²) >= 11 is 0. The normalized spacial score (nSPS) is 11.5. The van der Waals surface area contributed by atoms with Crippen LogP contribution in [-0.4, -0.2) is 25.0 Å². The highest BCUT2D eigenvalue weighted by molar-refractivity contribution is 6.02. The highest BCUT2D eigenvalue weighted by Gasteiger charge is 2.14. The predicted octanol–water partition coefficient (Wildman–Crippen LogP) is 2.53. The largest absolute Gasteiger partial charge is 0.506 e. The van der Waals surface area contributed by atoms with Gasteiger partial charge in [0.1, 0.15) is 29.4 Å². The molecule has 0 aliphatic heterocycles. The first-order valence-electron chi connectivity index (χ1n) is 6.22. The van der Waals surface area contributed by atoms with Crippen LogP contribution in [0.3, 0.4) is 0 Å². The molecule has 0 saturated heterocycles. The van der Waals surface area contributed by atoms with Gasteiger partial charge >= 0.3 is 0 Å². The number of phenols is 1. The molecule has 0 spiro atoms. The number of nitrogen functional groups attached to an aromatic ring is 1. The third-order valence-electron chi connectivity index (χ3n) is 3.46. The minimum absolute atomic E-state index is 0.139. The Morgan fingerprint density at radius 1 is 1.19 bits per heavy atom. The van der Waals surface area contributed by atoms with Crippen LogP contribution in [-0.2, 0) is 0 Å². The first-order chi connectivity index (χ1) is 10.1. The molecule has 0 fully saturated rings. The van der Waals surface area contributed by atoms with Gasteiger partial charge in [0.05, 0.1) is 10.9 Å². The minimum Gasteiger partial charge on any atom is -0.506 e. The number of nitrogens with two attached hydrogens (primary N) is 1. The second-order valence-corrected chi connectivity index (χ2v) is 4.76. The number of fused-ring (bicyclic) bond motifs is 2. The standard InChI is InChI=1S/C14H10FN5O/c15-7-1-6-2-9(20-12(6)10(21)3-7)8-4-17-14-11(8)13(16)18-5-19-14/h1-5,20-21H,(H3,16,17,18,19). The van der Waals surface area contributed by atoms with Crippen LogP contribution in [0.5, 0.6) is 5.75 Å². The summed E-state index contributed by atoms with van der Waals surface area (Å²) in [5.74, 6) is -0.280. The maximum Gasteiger partial charge on any atom is 0.143 e. The fourth-order valence-electron chi connectivity index (χ4n) is 2.53. The van der Waals surface area contributed by atoms with Gasteiger partial charge in [-0.2, -0.15) is 0 Å². The fraction of sp³-hybridized carbons (Fsp3) is 0. The quantitative estimate of drug-likeness (QED) is 0.431. The van der Waals surface area contributed by atoms with Crippen LogP contribution in [0, 0.1) is 5.82 Å². The Hall–Kier alpha value is -3.09. The van der Waals surface area contributed by atoms with Gasteiger partial charge in [0, 0.05) is 28.9 Å². The van der Waals surface area contributed by atoms with Crippen molar-refractivity contribution in [3.05, 3.63) is 36.5 Å². The lowest BCUT2D eigenvalue weighted by Crippen LogP contribution is -1.92. The van der Waals surface area contributed by atoms with Crippen LogP contribution in [0.25, 0.3) is 33.2 Å². The minimum atomic E-state index is -0.493. The van der Waals surface area contributed by atoms with Gasteiger partial charge in [-0.05, 0) is 12.1 Å². The van der Waals surface area contributed by atoms with Crippen molar-refractivity contribution in [3.63, 3.8) is 0 Å². The molecule has 6 nitrogen and oxygen atoms in total. The van der Waals surface area contributed by atoms with Crippen LogP contribution in [0.15, 0.2) is 30.7 Å². The number of benzene rings is 1. The molecule has 0 amide bonds. The number of nitrogens with zero attached hydrogens (tertiary/aromatic N) is 2. The first-order valence-corrected chi connectivity index (χ1v) is 6.22. The number of aromatic hydroxyl groups is 1. The van der Waals surface area contributed by atoms with Crippen LogP contribution >= 0.6 is 0 Å². The van der Waals surface area contributed by atoms with E-state index in [9.17, 15) is 9.50 Å². The zero-order chi connectivity index (χ0) is 14.6. The molecule has 0 aliphatic rings. The number of rotatable bonds is 1. The van der Waals surface area contributed by atoms with E-state index in [1.54, 1.807) is 12.3 Å². The smallest absolute Gasteiger partial charge is 0.143 e. The monoisotopic (exact) mass is 283 g/mol. The molecule has 104 valence electrons. The van der Waals surface area contributed by atoms with Crippen molar-refractivity contribution in [2.45, 2.75) is 0 Å². The molecule has 4 rings (SSSR count). The predicted molar refractivity (Wildman–Crippen MR) is 77.2 cm³/mol. The summed E-state index contributed by atoms with van der Waals surface area (Å²) < 4.78 is 13.3. The summed E-state index contributed by atoms with van der Waals surface area (Å²) in [4.78, 5) is 14.2. The van der Waals surface area contributed by atoms with Crippen molar-refractivity contribution >= 4 is 27.8 Å². The lowest BCUT2D eigenvalue weighted by atomic mass is 10.1. The molecular weight excluding hydrogens is 273 g/mol. The number of phenolic OH excluding ortho intramolecular Hbond substituents is 1. The molecule has 0 radical (unpaired) electrons. The van der Waals surface area contributed by atoms with E-state index in [4.69, 9.17) is 5.73 Å². The third-order valence-corrected chi connectivity index (χ3v) is 3.46. The molecule has 1 aromatic carbocycles. The molecule has 21 heavy (non-hydrogen) atoms. The van der Waals surface area contributed by atoms with Crippen LogP contribution in [0.1, 0.15) is 0 Å². The maximum atomic E-state index is 13.3. The molecule has 0 bridgehead atoms. The van der Waals surface area contributed by atoms with Crippen LogP contribution in [0.2, 0.25) is 0 Å². The van der Waals surface area contributed by atoms with E-state index in [0.29, 0.717) is 33.4 Å². The summed E-state index contributed by atoms with van der Waals surface area (Å²) in [7, 11) is 0. The van der Waals surface area contributed by atoms with Gasteiger partial charge in [0.15, 0.2) is 0 Å². The summed E-state index contributed by atoms with van der Waals surface area (Å²) in [6.45, 7) is 0. The van der Waals surface area contributed by atoms with E-state index in [0.717, 1.165) is 11.6 Å². The second-order valence-electron chi connectivity index (χ2n) is 4.76. The average Bonchev–Trinajstić information content (AvgIpc) is 3.02. The highest BCUT2D eigenvalue weighted by Crippen LogP contribution is 2.34. The zero-order valence-electron chi connectivity index (χ0n) is 10.7. The first kappa shape index (κ1) is 11.7. The van der Waals surface area contributed by atoms with Gasteiger partial charge in [-0.3, -0.25) is 0 Å². The average molecular weight is 283 g/mol. The van der Waals surface area contributed by atoms with Crippen molar-refractivity contribution in [1.29, 1.82) is 0 Å². The lowest BCUT2D eigenvalue weighted by Gasteiger charge is -1.98. The van der Waals surface area contributed by atoms with Gasteiger partial charge in [-0.1, -0.05) is 0 Å². The third kappa shape index (κ3) is 1.64. The summed E-state index contributed by atoms with van der Waals surface area (Å²) in [5.41, 5.74) is 8.43. The topological polar surface area (TPSA) is 104 Å². The van der Waals surface area contributed by atoms with E-state index >= 15 is 0 Å². The summed E-state index contributed by atoms with van der Waals surface area (Å²) in [6.07, 6.45) is 3.12. The van der Waals surface area contributed by atoms with Crippen molar-refractivity contribution in [3.8, 4) is 17.0 Å². The molecule has 0 unspecified atom stereocenters. The number of aromatic amines is 2. The molecule has 0 saturated carbocycles. The Labute approximate surface area is 117 Å². The van der Waals surface area contributed by atoms with Crippen molar-refractivity contribution in [2.24, 2.45) is 0 Å². The molecule has 0 aliphatic carbocycles. The molecule has 3 aromatic heterocycles. The Bertz CT molecular complexity index is 988. The van der Waals surface area contributed by atoms with E-state index in [1.165, 1.54) is 12.4 Å². The molecule has 4 aromatic rings. The number of halogens is 1. The van der Waals surface area contributed by atoms with Gasteiger partial charge < -0.3 is 20.8 Å². The number of anilines is 1. The lowest BCUT2D eigenvalue weighted by molar-refractivity contribution is 0.475. The van der Waals surface area contributed by atoms with E-state index in [-0.39, 0.29) is 5.75 Å². The van der Waals surface area contributed by atoms with E-state index in [1.807, 2.05) is 0 Å². The summed E-state index contributed by atoms with van der Waals surface area (Å²) in [6, 6.07) is 4.16. The molecular formula is C14H10FN5O. The van der Waals surface area contributed by atoms with Crippen molar-refractivity contribution in [2.75, 3.05) is 5.73 Å². The van der Waals surface area contributed by atoms with E-state index < -0.39 is 5.82 Å².